The monoisotopic (exact) mass is 682 g/mol. The van der Waals surface area contributed by atoms with Crippen LogP contribution in [-0.2, 0) is 21.1 Å². The Morgan fingerprint density at radius 2 is 1.38 bits per heavy atom. The molecule has 0 saturated heterocycles. The molecule has 4 aromatic carbocycles. The Morgan fingerprint density at radius 1 is 0.590 bits per heavy atom. The summed E-state index contributed by atoms with van der Waals surface area (Å²) in [5, 5.41) is 2.30. The van der Waals surface area contributed by atoms with Gasteiger partial charge in [0.2, 0.25) is 5.88 Å². The van der Waals surface area contributed by atoms with Crippen LogP contribution in [0.1, 0.15) is 0 Å². The molecule has 39 heavy (non-hydrogen) atoms. The van der Waals surface area contributed by atoms with Crippen LogP contribution in [0.3, 0.4) is 0 Å². The van der Waals surface area contributed by atoms with Crippen molar-refractivity contribution in [3.8, 4) is 39.7 Å². The fourth-order valence-corrected chi connectivity index (χ4v) is 4.85. The first-order valence-electron chi connectivity index (χ1n) is 12.4. The minimum Gasteiger partial charge on any atom is -0.459 e. The molecule has 4 nitrogen and oxygen atoms in total. The summed E-state index contributed by atoms with van der Waals surface area (Å²) < 4.78 is 8.42. The van der Waals surface area contributed by atoms with E-state index in [0.717, 1.165) is 44.5 Å². The van der Waals surface area contributed by atoms with E-state index in [1.165, 1.54) is 5.39 Å². The van der Waals surface area contributed by atoms with Crippen LogP contribution in [0, 0.1) is 12.1 Å². The third-order valence-corrected chi connectivity index (χ3v) is 6.58. The van der Waals surface area contributed by atoms with Crippen molar-refractivity contribution in [3.05, 3.63) is 140 Å². The number of rotatable bonds is 5. The number of hydrogen-bond acceptors (Lipinski definition) is 3. The maximum absolute atomic E-state index is 6.26. The Bertz CT molecular complexity index is 1900. The molecule has 3 heterocycles. The first kappa shape index (κ1) is 24.8. The summed E-state index contributed by atoms with van der Waals surface area (Å²) in [5.41, 5.74) is 5.86. The van der Waals surface area contributed by atoms with E-state index in [9.17, 15) is 0 Å². The average molecular weight is 683 g/mol. The van der Waals surface area contributed by atoms with Gasteiger partial charge in [0.05, 0.1) is 0 Å². The molecule has 0 aliphatic carbocycles. The number of benzene rings is 4. The van der Waals surface area contributed by atoms with E-state index >= 15 is 0 Å². The molecule has 0 amide bonds. The normalized spacial score (nSPS) is 10.9. The molecule has 0 bridgehead atoms. The minimum atomic E-state index is 0. The van der Waals surface area contributed by atoms with Gasteiger partial charge < -0.3 is 9.30 Å². The molecule has 0 spiro atoms. The van der Waals surface area contributed by atoms with Crippen LogP contribution in [0.4, 0.5) is 0 Å². The van der Waals surface area contributed by atoms with Gasteiger partial charge >= 0.3 is 21.1 Å². The van der Waals surface area contributed by atoms with Gasteiger partial charge in [-0.1, -0.05) is 60.0 Å². The summed E-state index contributed by atoms with van der Waals surface area (Å²) in [5.74, 6) is 2.00. The van der Waals surface area contributed by atoms with Gasteiger partial charge in [0.25, 0.3) is 0 Å². The predicted molar refractivity (Wildman–Crippen MR) is 151 cm³/mol. The van der Waals surface area contributed by atoms with E-state index < -0.39 is 0 Å². The van der Waals surface area contributed by atoms with Gasteiger partial charge in [0.15, 0.2) is 0 Å². The second-order valence-corrected chi connectivity index (χ2v) is 8.93. The predicted octanol–water partition coefficient (Wildman–Crippen LogP) is 8.30. The molecule has 0 N–H and O–H groups in total. The van der Waals surface area contributed by atoms with Gasteiger partial charge in [-0.25, -0.2) is 21.1 Å². The molecule has 7 rings (SSSR count). The molecule has 0 radical (unpaired) electrons. The van der Waals surface area contributed by atoms with E-state index in [-0.39, 0.29) is 21.1 Å². The Labute approximate surface area is 240 Å². The van der Waals surface area contributed by atoms with Crippen LogP contribution in [0.5, 0.6) is 11.6 Å². The van der Waals surface area contributed by atoms with Crippen molar-refractivity contribution in [2.45, 2.75) is 0 Å². The zero-order valence-electron chi connectivity index (χ0n) is 20.7. The molecular weight excluding hydrogens is 661 g/mol. The number of aromatic nitrogens is 3. The topological polar surface area (TPSA) is 39.9 Å². The molecule has 7 aromatic rings. The quantitative estimate of drug-likeness (QED) is 0.172. The van der Waals surface area contributed by atoms with Crippen molar-refractivity contribution >= 4 is 21.8 Å². The Kier molecular flexibility index (Phi) is 6.79. The number of hydrogen-bond donors (Lipinski definition) is 0. The first-order chi connectivity index (χ1) is 18.8. The van der Waals surface area contributed by atoms with Crippen LogP contribution >= 0.6 is 0 Å². The summed E-state index contributed by atoms with van der Waals surface area (Å²) >= 11 is 0. The van der Waals surface area contributed by atoms with E-state index in [0.29, 0.717) is 11.6 Å². The Morgan fingerprint density at radius 3 is 2.26 bits per heavy atom. The maximum atomic E-state index is 6.26. The fraction of sp³-hybridized carbons (Fsp3) is 0. The molecule has 0 unspecified atom stereocenters. The molecule has 0 saturated carbocycles. The third-order valence-electron chi connectivity index (χ3n) is 6.58. The van der Waals surface area contributed by atoms with Crippen LogP contribution in [0.25, 0.3) is 49.9 Å². The molecule has 0 aliphatic heterocycles. The summed E-state index contributed by atoms with van der Waals surface area (Å²) in [4.78, 5) is 9.13. The van der Waals surface area contributed by atoms with Gasteiger partial charge in [0, 0.05) is 29.2 Å². The molecule has 0 aliphatic rings. The van der Waals surface area contributed by atoms with Crippen molar-refractivity contribution in [3.63, 3.8) is 0 Å². The fourth-order valence-electron chi connectivity index (χ4n) is 4.85. The molecule has 5 heteroatoms. The molecule has 0 fully saturated rings. The number of para-hydroxylation sites is 1. The van der Waals surface area contributed by atoms with Crippen molar-refractivity contribution in [1.29, 1.82) is 0 Å². The van der Waals surface area contributed by atoms with Gasteiger partial charge in [-0.2, -0.15) is 24.3 Å². The number of fused-ring (bicyclic) bond motifs is 3. The zero-order valence-corrected chi connectivity index (χ0v) is 23.0. The van der Waals surface area contributed by atoms with Crippen LogP contribution in [-0.4, -0.2) is 14.5 Å². The Hall–Kier alpha value is -4.53. The average Bonchev–Trinajstić information content (AvgIpc) is 3.32. The van der Waals surface area contributed by atoms with E-state index in [2.05, 4.69) is 75.2 Å². The van der Waals surface area contributed by atoms with Crippen molar-refractivity contribution in [1.82, 2.24) is 14.5 Å². The second-order valence-electron chi connectivity index (χ2n) is 8.93. The standard InChI is InChI=1S/C34H21N3O.Pt/c1-2-10-24(11-3-1)28-15-9-21-36-34(28)38-27-13-8-12-25(22-27)26-18-19-30-29-14-4-5-16-31(29)37(32(30)23-26)33-17-6-7-20-35-33;/h1-21H;/q-2;+2. The van der Waals surface area contributed by atoms with Gasteiger partial charge in [-0.05, 0) is 46.8 Å². The van der Waals surface area contributed by atoms with Crippen LogP contribution in [0.15, 0.2) is 128 Å². The molecule has 3 aromatic heterocycles. The van der Waals surface area contributed by atoms with Gasteiger partial charge in [-0.15, -0.1) is 18.2 Å². The van der Waals surface area contributed by atoms with Crippen molar-refractivity contribution in [2.24, 2.45) is 0 Å². The zero-order chi connectivity index (χ0) is 25.3. The summed E-state index contributed by atoms with van der Waals surface area (Å²) in [6, 6.07) is 45.6. The molecule has 0 atom stereocenters. The number of pyridine rings is 2. The van der Waals surface area contributed by atoms with E-state index in [1.807, 2.05) is 72.9 Å². The van der Waals surface area contributed by atoms with Gasteiger partial charge in [0.1, 0.15) is 5.82 Å². The molecule has 188 valence electrons. The Balaban J connectivity index is 0.00000277. The maximum Gasteiger partial charge on any atom is 2.00 e. The van der Waals surface area contributed by atoms with Gasteiger partial charge in [-0.3, -0.25) is 0 Å². The smallest absolute Gasteiger partial charge is 0.459 e. The largest absolute Gasteiger partial charge is 2.00 e. The summed E-state index contributed by atoms with van der Waals surface area (Å²) in [7, 11) is 0. The van der Waals surface area contributed by atoms with E-state index in [4.69, 9.17) is 4.74 Å². The van der Waals surface area contributed by atoms with Crippen LogP contribution in [0.2, 0.25) is 0 Å². The molecular formula is C34H21N3OPt. The van der Waals surface area contributed by atoms with Crippen molar-refractivity contribution < 1.29 is 25.8 Å². The number of nitrogens with zero attached hydrogens (tertiary/aromatic N) is 3. The van der Waals surface area contributed by atoms with E-state index in [1.54, 1.807) is 6.20 Å². The second kappa shape index (κ2) is 10.7. The minimum absolute atomic E-state index is 0. The summed E-state index contributed by atoms with van der Waals surface area (Å²) in [6.45, 7) is 0. The van der Waals surface area contributed by atoms with Crippen LogP contribution < -0.4 is 4.74 Å². The third kappa shape index (κ3) is 4.65. The number of ether oxygens (including phenoxy) is 1. The van der Waals surface area contributed by atoms with Crippen molar-refractivity contribution in [2.75, 3.05) is 0 Å². The SMILES string of the molecule is [Pt+2].[c-]1c(Oc2ncccc2-c2ccccc2)cccc1-c1[c-]c2c(cc1)c1ccccc1n2-c1ccccn1. The summed E-state index contributed by atoms with van der Waals surface area (Å²) in [6.07, 6.45) is 3.56. The first-order valence-corrected chi connectivity index (χ1v) is 12.4.